The second-order valence-electron chi connectivity index (χ2n) is 4.61. The second-order valence-corrected chi connectivity index (χ2v) is 4.61. The van der Waals surface area contributed by atoms with E-state index < -0.39 is 0 Å². The van der Waals surface area contributed by atoms with Crippen LogP contribution >= 0.6 is 0 Å². The smallest absolute Gasteiger partial charge is 0.125 e. The fraction of sp³-hybridized carbons (Fsp3) is 0.538. The average Bonchev–Trinajstić information content (AvgIpc) is 2.37. The molecule has 1 heterocycles. The van der Waals surface area contributed by atoms with Gasteiger partial charge in [0.2, 0.25) is 0 Å². The maximum Gasteiger partial charge on any atom is 0.125 e. The molecule has 0 spiro atoms. The summed E-state index contributed by atoms with van der Waals surface area (Å²) in [7, 11) is 0. The largest absolute Gasteiger partial charge is 0.393 e. The van der Waals surface area contributed by atoms with Crippen molar-refractivity contribution in [2.45, 2.75) is 31.8 Å². The number of pyridine rings is 1. The molecular formula is C13H17N3O. The summed E-state index contributed by atoms with van der Waals surface area (Å²) in [4.78, 5) is 4.16. The lowest BCUT2D eigenvalue weighted by Crippen LogP contribution is -2.25. The Hall–Kier alpha value is -1.60. The van der Waals surface area contributed by atoms with Crippen LogP contribution in [0, 0.1) is 17.2 Å². The van der Waals surface area contributed by atoms with Crippen molar-refractivity contribution in [3.05, 3.63) is 23.9 Å². The highest BCUT2D eigenvalue weighted by Gasteiger charge is 2.19. The topological polar surface area (TPSA) is 68.9 Å². The number of aliphatic hydroxyl groups is 1. The Morgan fingerprint density at radius 2 is 2.35 bits per heavy atom. The molecule has 0 saturated heterocycles. The van der Waals surface area contributed by atoms with Crippen LogP contribution in [0.5, 0.6) is 0 Å². The van der Waals surface area contributed by atoms with E-state index in [1.165, 1.54) is 6.42 Å². The van der Waals surface area contributed by atoms with Crippen molar-refractivity contribution in [1.82, 2.24) is 4.98 Å². The molecule has 0 amide bonds. The van der Waals surface area contributed by atoms with Gasteiger partial charge in [-0.1, -0.05) is 6.42 Å². The summed E-state index contributed by atoms with van der Waals surface area (Å²) >= 11 is 0. The van der Waals surface area contributed by atoms with Crippen molar-refractivity contribution in [3.8, 4) is 6.07 Å². The van der Waals surface area contributed by atoms with E-state index in [-0.39, 0.29) is 6.10 Å². The minimum atomic E-state index is -0.135. The lowest BCUT2D eigenvalue weighted by Gasteiger charge is -2.26. The molecule has 4 nitrogen and oxygen atoms in total. The molecule has 2 N–H and O–H groups in total. The molecule has 0 aromatic carbocycles. The number of aromatic nitrogens is 1. The van der Waals surface area contributed by atoms with E-state index in [1.54, 1.807) is 12.3 Å². The molecule has 1 aromatic heterocycles. The molecule has 17 heavy (non-hydrogen) atoms. The minimum Gasteiger partial charge on any atom is -0.393 e. The summed E-state index contributed by atoms with van der Waals surface area (Å²) in [6.07, 6.45) is 5.52. The molecule has 0 bridgehead atoms. The maximum atomic E-state index is 9.57. The minimum absolute atomic E-state index is 0.135. The summed E-state index contributed by atoms with van der Waals surface area (Å²) < 4.78 is 0. The van der Waals surface area contributed by atoms with E-state index in [0.717, 1.165) is 31.6 Å². The fourth-order valence-corrected chi connectivity index (χ4v) is 2.26. The molecule has 1 aliphatic rings. The molecule has 2 rings (SSSR count). The number of aliphatic hydroxyl groups excluding tert-OH is 1. The summed E-state index contributed by atoms with van der Waals surface area (Å²) in [5.41, 5.74) is 0.573. The first kappa shape index (κ1) is 11.9. The van der Waals surface area contributed by atoms with Crippen molar-refractivity contribution in [3.63, 3.8) is 0 Å². The Balaban J connectivity index is 1.83. The first-order chi connectivity index (χ1) is 8.28. The van der Waals surface area contributed by atoms with Crippen LogP contribution in [0.1, 0.15) is 31.2 Å². The number of nitriles is 1. The van der Waals surface area contributed by atoms with Crippen LogP contribution in [0.15, 0.2) is 18.3 Å². The zero-order valence-electron chi connectivity index (χ0n) is 9.76. The van der Waals surface area contributed by atoms with Crippen LogP contribution in [0.2, 0.25) is 0 Å². The number of rotatable bonds is 3. The zero-order chi connectivity index (χ0) is 12.1. The maximum absolute atomic E-state index is 9.57. The van der Waals surface area contributed by atoms with Gasteiger partial charge in [-0.25, -0.2) is 4.98 Å². The Bertz CT molecular complexity index is 396. The van der Waals surface area contributed by atoms with Crippen molar-refractivity contribution in [2.24, 2.45) is 5.92 Å². The van der Waals surface area contributed by atoms with Gasteiger partial charge < -0.3 is 10.4 Å². The van der Waals surface area contributed by atoms with Crippen LogP contribution in [0.3, 0.4) is 0 Å². The number of hydrogen-bond acceptors (Lipinski definition) is 4. The number of hydrogen-bond donors (Lipinski definition) is 2. The number of nitrogens with one attached hydrogen (secondary N) is 1. The summed E-state index contributed by atoms with van der Waals surface area (Å²) in [6.45, 7) is 0.843. The molecule has 90 valence electrons. The summed E-state index contributed by atoms with van der Waals surface area (Å²) in [5.74, 6) is 1.32. The van der Waals surface area contributed by atoms with E-state index in [1.807, 2.05) is 12.1 Å². The summed E-state index contributed by atoms with van der Waals surface area (Å²) in [5, 5.41) is 21.5. The third kappa shape index (κ3) is 3.43. The first-order valence-corrected chi connectivity index (χ1v) is 6.06. The van der Waals surface area contributed by atoms with Crippen molar-refractivity contribution < 1.29 is 5.11 Å². The molecule has 2 atom stereocenters. The van der Waals surface area contributed by atoms with Gasteiger partial charge >= 0.3 is 0 Å². The lowest BCUT2D eigenvalue weighted by atomic mass is 9.87. The molecule has 4 heteroatoms. The van der Waals surface area contributed by atoms with Crippen LogP contribution in [-0.4, -0.2) is 22.7 Å². The molecule has 2 unspecified atom stereocenters. The predicted molar refractivity (Wildman–Crippen MR) is 65.4 cm³/mol. The average molecular weight is 231 g/mol. The third-order valence-electron chi connectivity index (χ3n) is 3.22. The van der Waals surface area contributed by atoms with Crippen molar-refractivity contribution in [1.29, 1.82) is 5.26 Å². The van der Waals surface area contributed by atoms with E-state index in [0.29, 0.717) is 11.5 Å². The molecule has 1 fully saturated rings. The van der Waals surface area contributed by atoms with Crippen molar-refractivity contribution in [2.75, 3.05) is 11.9 Å². The van der Waals surface area contributed by atoms with Crippen LogP contribution in [0.25, 0.3) is 0 Å². The molecule has 0 radical (unpaired) electrons. The SMILES string of the molecule is N#Cc1ccc(NCC2CCCC(O)C2)nc1. The predicted octanol–water partition coefficient (Wildman–Crippen LogP) is 1.92. The molecule has 1 saturated carbocycles. The van der Waals surface area contributed by atoms with Gasteiger partial charge in [0.25, 0.3) is 0 Å². The fourth-order valence-electron chi connectivity index (χ4n) is 2.26. The third-order valence-corrected chi connectivity index (χ3v) is 3.22. The first-order valence-electron chi connectivity index (χ1n) is 6.06. The quantitative estimate of drug-likeness (QED) is 0.833. The van der Waals surface area contributed by atoms with E-state index in [2.05, 4.69) is 10.3 Å². The van der Waals surface area contributed by atoms with Crippen molar-refractivity contribution >= 4 is 5.82 Å². The monoisotopic (exact) mass is 231 g/mol. The second kappa shape index (κ2) is 5.65. The molecular weight excluding hydrogens is 214 g/mol. The Morgan fingerprint density at radius 3 is 3.00 bits per heavy atom. The van der Waals surface area contributed by atoms with E-state index in [4.69, 9.17) is 5.26 Å². The van der Waals surface area contributed by atoms with E-state index >= 15 is 0 Å². The van der Waals surface area contributed by atoms with Crippen LogP contribution in [0.4, 0.5) is 5.82 Å². The van der Waals surface area contributed by atoms with Gasteiger partial charge in [-0.05, 0) is 37.3 Å². The van der Waals surface area contributed by atoms with Gasteiger partial charge in [0.15, 0.2) is 0 Å². The molecule has 1 aromatic rings. The van der Waals surface area contributed by atoms with Crippen LogP contribution < -0.4 is 5.32 Å². The highest BCUT2D eigenvalue weighted by molar-refractivity contribution is 5.38. The highest BCUT2D eigenvalue weighted by Crippen LogP contribution is 2.24. The number of nitrogens with zero attached hydrogens (tertiary/aromatic N) is 2. The molecule has 1 aliphatic carbocycles. The van der Waals surface area contributed by atoms with Crippen LogP contribution in [-0.2, 0) is 0 Å². The van der Waals surface area contributed by atoms with Gasteiger partial charge in [-0.2, -0.15) is 5.26 Å². The van der Waals surface area contributed by atoms with Gasteiger partial charge in [-0.15, -0.1) is 0 Å². The Kier molecular flexibility index (Phi) is 3.94. The summed E-state index contributed by atoms with van der Waals surface area (Å²) in [6, 6.07) is 5.61. The standard InChI is InChI=1S/C13H17N3O/c14-7-11-4-5-13(16-9-11)15-8-10-2-1-3-12(17)6-10/h4-5,9-10,12,17H,1-3,6,8H2,(H,15,16). The van der Waals surface area contributed by atoms with Gasteiger partial charge in [0.1, 0.15) is 11.9 Å². The number of anilines is 1. The Morgan fingerprint density at radius 1 is 1.47 bits per heavy atom. The Labute approximate surface area is 101 Å². The van der Waals surface area contributed by atoms with E-state index in [9.17, 15) is 5.11 Å². The van der Waals surface area contributed by atoms with Gasteiger partial charge in [0.05, 0.1) is 11.7 Å². The van der Waals surface area contributed by atoms with Gasteiger partial charge in [0, 0.05) is 12.7 Å². The normalized spacial score (nSPS) is 24.0. The lowest BCUT2D eigenvalue weighted by molar-refractivity contribution is 0.104. The zero-order valence-corrected chi connectivity index (χ0v) is 9.76. The molecule has 0 aliphatic heterocycles. The van der Waals surface area contributed by atoms with Gasteiger partial charge in [-0.3, -0.25) is 0 Å². The highest BCUT2D eigenvalue weighted by atomic mass is 16.3.